The summed E-state index contributed by atoms with van der Waals surface area (Å²) in [6, 6.07) is 13.7. The number of ether oxygens (including phenoxy) is 1. The summed E-state index contributed by atoms with van der Waals surface area (Å²) in [5.41, 5.74) is 3.22. The van der Waals surface area contributed by atoms with Crippen molar-refractivity contribution in [2.45, 2.75) is 32.8 Å². The SMILES string of the molecule is CCc1ccc(C(C)COCc2c(F)cccc2P)cc1. The lowest BCUT2D eigenvalue weighted by atomic mass is 10.00. The van der Waals surface area contributed by atoms with Gasteiger partial charge in [-0.1, -0.05) is 50.2 Å². The van der Waals surface area contributed by atoms with Crippen LogP contribution in [0.15, 0.2) is 42.5 Å². The van der Waals surface area contributed by atoms with E-state index >= 15 is 0 Å². The number of hydrogen-bond donors (Lipinski definition) is 0. The summed E-state index contributed by atoms with van der Waals surface area (Å²) in [4.78, 5) is 0. The van der Waals surface area contributed by atoms with E-state index in [9.17, 15) is 4.39 Å². The highest BCUT2D eigenvalue weighted by Crippen LogP contribution is 2.18. The maximum atomic E-state index is 13.7. The zero-order valence-electron chi connectivity index (χ0n) is 12.6. The zero-order valence-corrected chi connectivity index (χ0v) is 13.8. The van der Waals surface area contributed by atoms with Crippen LogP contribution in [0.3, 0.4) is 0 Å². The van der Waals surface area contributed by atoms with Crippen LogP contribution in [0.2, 0.25) is 0 Å². The molecule has 3 heteroatoms. The normalized spacial score (nSPS) is 12.4. The maximum absolute atomic E-state index is 13.7. The first-order valence-electron chi connectivity index (χ1n) is 7.31. The molecular weight excluding hydrogens is 282 g/mol. The molecule has 0 N–H and O–H groups in total. The number of benzene rings is 2. The molecule has 0 amide bonds. The molecule has 0 fully saturated rings. The van der Waals surface area contributed by atoms with Gasteiger partial charge >= 0.3 is 0 Å². The third kappa shape index (κ3) is 4.36. The largest absolute Gasteiger partial charge is 0.376 e. The average Bonchev–Trinajstić information content (AvgIpc) is 2.50. The van der Waals surface area contributed by atoms with E-state index in [-0.39, 0.29) is 5.82 Å². The van der Waals surface area contributed by atoms with Crippen LogP contribution >= 0.6 is 9.24 Å². The standard InChI is InChI=1S/C18H22FOP/c1-3-14-7-9-15(10-8-14)13(2)11-20-12-16-17(19)5-4-6-18(16)21/h4-10,13H,3,11-12,21H2,1-2H3. The Bertz CT molecular complexity index is 560. The molecule has 0 aliphatic carbocycles. The molecular formula is C18H22FOP. The minimum atomic E-state index is -0.206. The van der Waals surface area contributed by atoms with Crippen LogP contribution in [0.4, 0.5) is 4.39 Å². The van der Waals surface area contributed by atoms with Crippen molar-refractivity contribution in [2.24, 2.45) is 0 Å². The number of aryl methyl sites for hydroxylation is 1. The minimum absolute atomic E-state index is 0.206. The van der Waals surface area contributed by atoms with Gasteiger partial charge in [0.2, 0.25) is 0 Å². The Kier molecular flexibility index (Phi) is 5.90. The van der Waals surface area contributed by atoms with Crippen LogP contribution in [-0.2, 0) is 17.8 Å². The molecule has 0 saturated heterocycles. The van der Waals surface area contributed by atoms with Gasteiger partial charge in [-0.05, 0) is 28.9 Å². The molecule has 0 bridgehead atoms. The van der Waals surface area contributed by atoms with Gasteiger partial charge < -0.3 is 4.74 Å². The van der Waals surface area contributed by atoms with Crippen molar-refractivity contribution < 1.29 is 9.13 Å². The van der Waals surface area contributed by atoms with Gasteiger partial charge in [-0.2, -0.15) is 0 Å². The predicted octanol–water partition coefficient (Wildman–Crippen LogP) is 4.21. The molecule has 112 valence electrons. The quantitative estimate of drug-likeness (QED) is 0.726. The van der Waals surface area contributed by atoms with Crippen LogP contribution in [0, 0.1) is 5.82 Å². The molecule has 2 unspecified atom stereocenters. The number of halogens is 1. The molecule has 0 spiro atoms. The average molecular weight is 304 g/mol. The number of hydrogen-bond acceptors (Lipinski definition) is 1. The van der Waals surface area contributed by atoms with E-state index in [1.165, 1.54) is 17.2 Å². The van der Waals surface area contributed by atoms with Crippen LogP contribution in [0.1, 0.15) is 36.5 Å². The first kappa shape index (κ1) is 16.1. The van der Waals surface area contributed by atoms with Crippen molar-refractivity contribution in [1.29, 1.82) is 0 Å². The molecule has 0 aliphatic rings. The van der Waals surface area contributed by atoms with Gasteiger partial charge in [-0.15, -0.1) is 9.24 Å². The first-order valence-corrected chi connectivity index (χ1v) is 7.89. The second kappa shape index (κ2) is 7.68. The van der Waals surface area contributed by atoms with Gasteiger partial charge in [-0.3, -0.25) is 0 Å². The molecule has 0 saturated carbocycles. The minimum Gasteiger partial charge on any atom is -0.376 e. The third-order valence-corrected chi connectivity index (χ3v) is 4.27. The van der Waals surface area contributed by atoms with Gasteiger partial charge in [0.05, 0.1) is 13.2 Å². The summed E-state index contributed by atoms with van der Waals surface area (Å²) in [5, 5.41) is 0.856. The lowest BCUT2D eigenvalue weighted by Crippen LogP contribution is -2.10. The second-order valence-electron chi connectivity index (χ2n) is 5.32. The lowest BCUT2D eigenvalue weighted by molar-refractivity contribution is 0.109. The fourth-order valence-electron chi connectivity index (χ4n) is 2.24. The Balaban J connectivity index is 1.90. The van der Waals surface area contributed by atoms with Gasteiger partial charge in [-0.25, -0.2) is 4.39 Å². The molecule has 1 nitrogen and oxygen atoms in total. The molecule has 2 rings (SSSR count). The van der Waals surface area contributed by atoms with E-state index in [2.05, 4.69) is 47.4 Å². The van der Waals surface area contributed by atoms with Crippen LogP contribution in [-0.4, -0.2) is 6.61 Å². The number of rotatable bonds is 6. The molecule has 0 heterocycles. The summed E-state index contributed by atoms with van der Waals surface area (Å²) >= 11 is 0. The Morgan fingerprint density at radius 1 is 1.14 bits per heavy atom. The van der Waals surface area contributed by atoms with Gasteiger partial charge in [0.25, 0.3) is 0 Å². The summed E-state index contributed by atoms with van der Waals surface area (Å²) < 4.78 is 19.4. The summed E-state index contributed by atoms with van der Waals surface area (Å²) in [6.45, 7) is 5.17. The van der Waals surface area contributed by atoms with E-state index in [0.717, 1.165) is 11.7 Å². The molecule has 21 heavy (non-hydrogen) atoms. The van der Waals surface area contributed by atoms with E-state index in [4.69, 9.17) is 4.74 Å². The molecule has 0 radical (unpaired) electrons. The monoisotopic (exact) mass is 304 g/mol. The van der Waals surface area contributed by atoms with E-state index < -0.39 is 0 Å². The maximum Gasteiger partial charge on any atom is 0.129 e. The van der Waals surface area contributed by atoms with Crippen molar-refractivity contribution in [3.05, 3.63) is 65.0 Å². The molecule has 0 aliphatic heterocycles. The van der Waals surface area contributed by atoms with Crippen LogP contribution < -0.4 is 5.30 Å². The van der Waals surface area contributed by atoms with E-state index in [0.29, 0.717) is 24.7 Å². The molecule has 2 aromatic rings. The first-order chi connectivity index (χ1) is 10.1. The molecule has 2 aromatic carbocycles. The zero-order chi connectivity index (χ0) is 15.2. The van der Waals surface area contributed by atoms with Gasteiger partial charge in [0, 0.05) is 11.5 Å². The lowest BCUT2D eigenvalue weighted by Gasteiger charge is -2.14. The van der Waals surface area contributed by atoms with Crippen LogP contribution in [0.25, 0.3) is 0 Å². The highest BCUT2D eigenvalue weighted by atomic mass is 31.0. The third-order valence-electron chi connectivity index (χ3n) is 3.73. The van der Waals surface area contributed by atoms with Crippen molar-refractivity contribution in [1.82, 2.24) is 0 Å². The Labute approximate surface area is 128 Å². The molecule has 2 atom stereocenters. The Morgan fingerprint density at radius 3 is 2.48 bits per heavy atom. The van der Waals surface area contributed by atoms with Crippen molar-refractivity contribution in [3.8, 4) is 0 Å². The fraction of sp³-hybridized carbons (Fsp3) is 0.333. The highest BCUT2D eigenvalue weighted by molar-refractivity contribution is 7.27. The highest BCUT2D eigenvalue weighted by Gasteiger charge is 2.09. The van der Waals surface area contributed by atoms with E-state index in [1.807, 2.05) is 6.07 Å². The van der Waals surface area contributed by atoms with Crippen molar-refractivity contribution in [2.75, 3.05) is 6.61 Å². The topological polar surface area (TPSA) is 9.23 Å². The predicted molar refractivity (Wildman–Crippen MR) is 89.6 cm³/mol. The van der Waals surface area contributed by atoms with Crippen molar-refractivity contribution >= 4 is 14.5 Å². The summed E-state index contributed by atoms with van der Waals surface area (Å²) in [7, 11) is 2.55. The Hall–Kier alpha value is -1.24. The summed E-state index contributed by atoms with van der Waals surface area (Å²) in [6.07, 6.45) is 1.05. The smallest absolute Gasteiger partial charge is 0.129 e. The van der Waals surface area contributed by atoms with E-state index in [1.54, 1.807) is 6.07 Å². The molecule has 0 aromatic heterocycles. The second-order valence-corrected chi connectivity index (χ2v) is 5.94. The fourth-order valence-corrected chi connectivity index (χ4v) is 2.58. The Morgan fingerprint density at radius 2 is 1.86 bits per heavy atom. The van der Waals surface area contributed by atoms with Crippen LogP contribution in [0.5, 0.6) is 0 Å². The van der Waals surface area contributed by atoms with Gasteiger partial charge in [0.15, 0.2) is 0 Å². The van der Waals surface area contributed by atoms with Crippen molar-refractivity contribution in [3.63, 3.8) is 0 Å². The summed E-state index contributed by atoms with van der Waals surface area (Å²) in [5.74, 6) is 0.0955. The van der Waals surface area contributed by atoms with Gasteiger partial charge in [0.1, 0.15) is 5.82 Å².